The van der Waals surface area contributed by atoms with Gasteiger partial charge < -0.3 is 24.3 Å². The molecule has 17 heavy (non-hydrogen) atoms. The molecular formula is C8H17N2O6P. The van der Waals surface area contributed by atoms with Gasteiger partial charge in [0.05, 0.1) is 6.61 Å². The SMILES string of the molecule is CCOC(=O)CN(C)C(=O)N(C)CP(=O)(O)O. The minimum atomic E-state index is -4.30. The van der Waals surface area contributed by atoms with Gasteiger partial charge in [0.1, 0.15) is 12.8 Å². The summed E-state index contributed by atoms with van der Waals surface area (Å²) in [5.74, 6) is -0.576. The van der Waals surface area contributed by atoms with Gasteiger partial charge in [0, 0.05) is 14.1 Å². The first-order valence-electron chi connectivity index (χ1n) is 4.83. The molecule has 0 saturated heterocycles. The Kier molecular flexibility index (Phi) is 6.15. The molecular weight excluding hydrogens is 251 g/mol. The van der Waals surface area contributed by atoms with Crippen LogP contribution in [0.4, 0.5) is 4.79 Å². The number of rotatable bonds is 5. The first-order valence-corrected chi connectivity index (χ1v) is 6.63. The van der Waals surface area contributed by atoms with Gasteiger partial charge in [-0.3, -0.25) is 9.36 Å². The maximum atomic E-state index is 11.6. The fourth-order valence-electron chi connectivity index (χ4n) is 1.10. The van der Waals surface area contributed by atoms with Crippen LogP contribution in [0.3, 0.4) is 0 Å². The van der Waals surface area contributed by atoms with Gasteiger partial charge in [0.15, 0.2) is 0 Å². The summed E-state index contributed by atoms with van der Waals surface area (Å²) in [5.41, 5.74) is 0. The van der Waals surface area contributed by atoms with E-state index < -0.39 is 25.9 Å². The van der Waals surface area contributed by atoms with E-state index in [2.05, 4.69) is 4.74 Å². The summed E-state index contributed by atoms with van der Waals surface area (Å²) in [5, 5.41) is 0. The van der Waals surface area contributed by atoms with Gasteiger partial charge in [-0.2, -0.15) is 0 Å². The first kappa shape index (κ1) is 15.9. The highest BCUT2D eigenvalue weighted by Gasteiger charge is 2.23. The minimum absolute atomic E-state index is 0.208. The highest BCUT2D eigenvalue weighted by atomic mass is 31.2. The smallest absolute Gasteiger partial charge is 0.344 e. The van der Waals surface area contributed by atoms with Crippen molar-refractivity contribution in [3.05, 3.63) is 0 Å². The lowest BCUT2D eigenvalue weighted by Gasteiger charge is -2.24. The van der Waals surface area contributed by atoms with E-state index in [-0.39, 0.29) is 13.2 Å². The lowest BCUT2D eigenvalue weighted by atomic mass is 10.5. The summed E-state index contributed by atoms with van der Waals surface area (Å²) >= 11 is 0. The topological polar surface area (TPSA) is 107 Å². The second kappa shape index (κ2) is 6.58. The summed E-state index contributed by atoms with van der Waals surface area (Å²) in [6, 6.07) is -0.665. The van der Waals surface area contributed by atoms with Crippen molar-refractivity contribution in [1.29, 1.82) is 0 Å². The average Bonchev–Trinajstić information content (AvgIpc) is 2.13. The van der Waals surface area contributed by atoms with E-state index in [0.29, 0.717) is 0 Å². The van der Waals surface area contributed by atoms with E-state index >= 15 is 0 Å². The van der Waals surface area contributed by atoms with Gasteiger partial charge in [-0.1, -0.05) is 0 Å². The fraction of sp³-hybridized carbons (Fsp3) is 0.750. The molecule has 0 fully saturated rings. The summed E-state index contributed by atoms with van der Waals surface area (Å²) < 4.78 is 15.3. The first-order chi connectivity index (χ1) is 7.67. The summed E-state index contributed by atoms with van der Waals surface area (Å²) in [6.45, 7) is 1.58. The second-order valence-corrected chi connectivity index (χ2v) is 5.06. The maximum Gasteiger partial charge on any atom is 0.344 e. The van der Waals surface area contributed by atoms with Crippen LogP contribution in [0.5, 0.6) is 0 Å². The van der Waals surface area contributed by atoms with Gasteiger partial charge in [-0.25, -0.2) is 4.79 Å². The third kappa shape index (κ3) is 6.93. The summed E-state index contributed by atoms with van der Waals surface area (Å²) in [6.07, 6.45) is -0.695. The molecule has 0 heterocycles. The molecule has 9 heteroatoms. The Morgan fingerprint density at radius 3 is 2.18 bits per heavy atom. The Hall–Kier alpha value is -1.11. The molecule has 100 valence electrons. The van der Waals surface area contributed by atoms with Crippen molar-refractivity contribution in [3.63, 3.8) is 0 Å². The van der Waals surface area contributed by atoms with Gasteiger partial charge in [-0.15, -0.1) is 0 Å². The number of carbonyl (C=O) groups excluding carboxylic acids is 2. The molecule has 0 aliphatic rings. The zero-order valence-electron chi connectivity index (χ0n) is 9.99. The monoisotopic (exact) mass is 268 g/mol. The van der Waals surface area contributed by atoms with E-state index in [9.17, 15) is 14.2 Å². The Labute approximate surface area is 99.3 Å². The fourth-order valence-corrected chi connectivity index (χ4v) is 1.77. The number of urea groups is 1. The molecule has 0 aliphatic carbocycles. The van der Waals surface area contributed by atoms with Crippen LogP contribution in [0, 0.1) is 0 Å². The van der Waals surface area contributed by atoms with E-state index in [0.717, 1.165) is 9.80 Å². The minimum Gasteiger partial charge on any atom is -0.465 e. The quantitative estimate of drug-likeness (QED) is 0.522. The number of esters is 1. The van der Waals surface area contributed by atoms with Crippen LogP contribution in [0.1, 0.15) is 6.92 Å². The number of carbonyl (C=O) groups is 2. The van der Waals surface area contributed by atoms with Crippen LogP contribution >= 0.6 is 7.60 Å². The van der Waals surface area contributed by atoms with Gasteiger partial charge in [0.25, 0.3) is 0 Å². The molecule has 0 aromatic carbocycles. The molecule has 2 N–H and O–H groups in total. The lowest BCUT2D eigenvalue weighted by molar-refractivity contribution is -0.143. The number of amides is 2. The van der Waals surface area contributed by atoms with Crippen molar-refractivity contribution in [2.24, 2.45) is 0 Å². The van der Waals surface area contributed by atoms with Crippen molar-refractivity contribution in [2.45, 2.75) is 6.92 Å². The number of nitrogens with zero attached hydrogens (tertiary/aromatic N) is 2. The van der Waals surface area contributed by atoms with Crippen molar-refractivity contribution in [2.75, 3.05) is 33.5 Å². The van der Waals surface area contributed by atoms with Crippen LogP contribution in [0.15, 0.2) is 0 Å². The second-order valence-electron chi connectivity index (χ2n) is 3.45. The van der Waals surface area contributed by atoms with Crippen LogP contribution in [0.25, 0.3) is 0 Å². The van der Waals surface area contributed by atoms with E-state index in [1.165, 1.54) is 14.1 Å². The van der Waals surface area contributed by atoms with E-state index in [1.807, 2.05) is 0 Å². The molecule has 0 aromatic rings. The Balaban J connectivity index is 4.30. The van der Waals surface area contributed by atoms with Gasteiger partial charge >= 0.3 is 19.6 Å². The van der Waals surface area contributed by atoms with E-state index in [4.69, 9.17) is 9.79 Å². The normalized spacial score (nSPS) is 10.9. The number of likely N-dealkylation sites (N-methyl/N-ethyl adjacent to an activating group) is 1. The molecule has 0 radical (unpaired) electrons. The Morgan fingerprint density at radius 1 is 1.24 bits per heavy atom. The number of hydrogen-bond donors (Lipinski definition) is 2. The van der Waals surface area contributed by atoms with Crippen molar-refractivity contribution >= 4 is 19.6 Å². The molecule has 0 bridgehead atoms. The Bertz CT molecular complexity index is 328. The van der Waals surface area contributed by atoms with E-state index in [1.54, 1.807) is 6.92 Å². The lowest BCUT2D eigenvalue weighted by Crippen LogP contribution is -2.41. The Morgan fingerprint density at radius 2 is 1.76 bits per heavy atom. The summed E-state index contributed by atoms with van der Waals surface area (Å²) in [4.78, 5) is 41.9. The third-order valence-corrected chi connectivity index (χ3v) is 2.51. The van der Waals surface area contributed by atoms with Crippen molar-refractivity contribution in [3.8, 4) is 0 Å². The molecule has 0 atom stereocenters. The maximum absolute atomic E-state index is 11.6. The standard InChI is InChI=1S/C8H17N2O6P/c1-4-16-7(11)5-9(2)8(12)10(3)6-17(13,14)15/h4-6H2,1-3H3,(H2,13,14,15). The molecule has 0 saturated carbocycles. The summed E-state index contributed by atoms with van der Waals surface area (Å²) in [7, 11) is -1.72. The third-order valence-electron chi connectivity index (χ3n) is 1.72. The average molecular weight is 268 g/mol. The van der Waals surface area contributed by atoms with Crippen LogP contribution < -0.4 is 0 Å². The predicted octanol–water partition coefficient (Wildman–Crippen LogP) is -0.332. The van der Waals surface area contributed by atoms with Crippen molar-refractivity contribution in [1.82, 2.24) is 9.80 Å². The zero-order valence-corrected chi connectivity index (χ0v) is 10.9. The van der Waals surface area contributed by atoms with Crippen LogP contribution in [-0.4, -0.2) is 65.1 Å². The van der Waals surface area contributed by atoms with Gasteiger partial charge in [0.2, 0.25) is 0 Å². The van der Waals surface area contributed by atoms with Crippen molar-refractivity contribution < 1.29 is 28.7 Å². The molecule has 8 nitrogen and oxygen atoms in total. The molecule has 2 amide bonds. The van der Waals surface area contributed by atoms with Crippen LogP contribution in [-0.2, 0) is 14.1 Å². The molecule has 0 aliphatic heterocycles. The number of hydrogen-bond acceptors (Lipinski definition) is 4. The largest absolute Gasteiger partial charge is 0.465 e. The highest BCUT2D eigenvalue weighted by Crippen LogP contribution is 2.34. The highest BCUT2D eigenvalue weighted by molar-refractivity contribution is 7.51. The molecule has 0 rings (SSSR count). The number of ether oxygens (including phenoxy) is 1. The van der Waals surface area contributed by atoms with Crippen LogP contribution in [0.2, 0.25) is 0 Å². The molecule has 0 aromatic heterocycles. The molecule has 0 spiro atoms. The molecule has 0 unspecified atom stereocenters. The predicted molar refractivity (Wildman–Crippen MR) is 59.3 cm³/mol. The zero-order chi connectivity index (χ0) is 13.6. The van der Waals surface area contributed by atoms with Gasteiger partial charge in [-0.05, 0) is 6.92 Å².